The summed E-state index contributed by atoms with van der Waals surface area (Å²) < 4.78 is 2.98. The van der Waals surface area contributed by atoms with Crippen LogP contribution in [0, 0.1) is 0 Å². The number of hydrogen-bond donors (Lipinski definition) is 1. The van der Waals surface area contributed by atoms with Crippen LogP contribution < -0.4 is 10.6 Å². The van der Waals surface area contributed by atoms with Crippen LogP contribution in [0.25, 0.3) is 5.65 Å². The smallest absolute Gasteiger partial charge is 0.350 e. The zero-order chi connectivity index (χ0) is 20.4. The second-order valence-corrected chi connectivity index (χ2v) is 7.55. The summed E-state index contributed by atoms with van der Waals surface area (Å²) in [4.78, 5) is 28.2. The van der Waals surface area contributed by atoms with Gasteiger partial charge in [0, 0.05) is 49.6 Å². The predicted molar refractivity (Wildman–Crippen MR) is 118 cm³/mol. The second-order valence-electron chi connectivity index (χ2n) is 7.12. The maximum Gasteiger partial charge on any atom is 0.350 e. The summed E-state index contributed by atoms with van der Waals surface area (Å²) in [7, 11) is 0. The lowest BCUT2D eigenvalue weighted by atomic mass is 10.1. The molecule has 8 nitrogen and oxygen atoms in total. The Bertz CT molecular complexity index is 1080. The Morgan fingerprint density at radius 2 is 2.00 bits per heavy atom. The van der Waals surface area contributed by atoms with Gasteiger partial charge in [0.05, 0.1) is 0 Å². The number of carbonyl (C=O) groups is 1. The summed E-state index contributed by atoms with van der Waals surface area (Å²) in [6.45, 7) is 2.96. The van der Waals surface area contributed by atoms with Gasteiger partial charge >= 0.3 is 11.7 Å². The highest BCUT2D eigenvalue weighted by Gasteiger charge is 2.32. The molecule has 1 aliphatic heterocycles. The van der Waals surface area contributed by atoms with Crippen molar-refractivity contribution in [3.63, 3.8) is 0 Å². The number of aryl methyl sites for hydroxylation is 1. The third-order valence-corrected chi connectivity index (χ3v) is 5.46. The molecule has 0 bridgehead atoms. The average molecular weight is 452 g/mol. The van der Waals surface area contributed by atoms with Gasteiger partial charge in [0.25, 0.3) is 0 Å². The number of hydrogen-bond acceptors (Lipinski definition) is 5. The molecule has 0 saturated carbocycles. The van der Waals surface area contributed by atoms with E-state index < -0.39 is 12.0 Å². The standard InChI is InChI=1S/C20H22ClN5O3.ClH/c21-15-5-3-6-16(13-15)24-12-11-23(14-17(24)19(27)28)8-4-10-26-20(29)25-9-2-1-7-18(25)22-26;/h1-3,5-7,9,13,17H,4,8,10-12,14H2,(H,27,28);1H. The Kier molecular flexibility index (Phi) is 7.02. The van der Waals surface area contributed by atoms with E-state index in [1.807, 2.05) is 23.1 Å². The molecule has 1 aliphatic rings. The molecule has 10 heteroatoms. The molecule has 4 rings (SSSR count). The first kappa shape index (κ1) is 22.1. The van der Waals surface area contributed by atoms with E-state index >= 15 is 0 Å². The quantitative estimate of drug-likeness (QED) is 0.618. The number of fused-ring (bicyclic) bond motifs is 1. The van der Waals surface area contributed by atoms with Gasteiger partial charge in [0.1, 0.15) is 6.04 Å². The predicted octanol–water partition coefficient (Wildman–Crippen LogP) is 2.24. The monoisotopic (exact) mass is 451 g/mol. The molecule has 2 aromatic heterocycles. The Morgan fingerprint density at radius 3 is 2.73 bits per heavy atom. The minimum Gasteiger partial charge on any atom is -0.480 e. The minimum atomic E-state index is -0.855. The van der Waals surface area contributed by atoms with Crippen LogP contribution in [0.2, 0.25) is 5.02 Å². The Balaban J connectivity index is 0.00000256. The van der Waals surface area contributed by atoms with Crippen molar-refractivity contribution in [1.29, 1.82) is 0 Å². The molecule has 0 amide bonds. The zero-order valence-electron chi connectivity index (χ0n) is 16.2. The van der Waals surface area contributed by atoms with Gasteiger partial charge in [-0.3, -0.25) is 9.30 Å². The molecular weight excluding hydrogens is 429 g/mol. The van der Waals surface area contributed by atoms with Gasteiger partial charge in [-0.25, -0.2) is 14.3 Å². The van der Waals surface area contributed by atoms with Gasteiger partial charge in [-0.1, -0.05) is 23.7 Å². The number of aromatic nitrogens is 3. The summed E-state index contributed by atoms with van der Waals surface area (Å²) in [6, 6.07) is 12.1. The first-order valence-corrected chi connectivity index (χ1v) is 9.92. The molecule has 1 unspecified atom stereocenters. The number of piperazine rings is 1. The molecule has 1 saturated heterocycles. The minimum absolute atomic E-state index is 0. The highest BCUT2D eigenvalue weighted by Crippen LogP contribution is 2.24. The van der Waals surface area contributed by atoms with E-state index in [1.165, 1.54) is 9.08 Å². The van der Waals surface area contributed by atoms with E-state index in [0.717, 1.165) is 12.2 Å². The second kappa shape index (κ2) is 9.51. The number of halogens is 2. The highest BCUT2D eigenvalue weighted by molar-refractivity contribution is 6.30. The van der Waals surface area contributed by atoms with Crippen molar-refractivity contribution >= 4 is 41.3 Å². The first-order valence-electron chi connectivity index (χ1n) is 9.54. The van der Waals surface area contributed by atoms with Crippen molar-refractivity contribution in [3.8, 4) is 0 Å². The van der Waals surface area contributed by atoms with Crippen molar-refractivity contribution in [2.24, 2.45) is 0 Å². The van der Waals surface area contributed by atoms with Crippen LogP contribution in [0.4, 0.5) is 5.69 Å². The van der Waals surface area contributed by atoms with Crippen LogP contribution >= 0.6 is 24.0 Å². The molecule has 1 atom stereocenters. The third kappa shape index (κ3) is 4.61. The molecule has 0 spiro atoms. The number of carboxylic acids is 1. The van der Waals surface area contributed by atoms with Crippen molar-refractivity contribution in [1.82, 2.24) is 19.1 Å². The number of rotatable bonds is 6. The molecule has 3 heterocycles. The van der Waals surface area contributed by atoms with Gasteiger partial charge in [0.2, 0.25) is 0 Å². The van der Waals surface area contributed by atoms with Gasteiger partial charge in [-0.15, -0.1) is 17.5 Å². The van der Waals surface area contributed by atoms with E-state index in [0.29, 0.717) is 43.3 Å². The summed E-state index contributed by atoms with van der Waals surface area (Å²) >= 11 is 6.07. The van der Waals surface area contributed by atoms with Crippen LogP contribution in [0.3, 0.4) is 0 Å². The summed E-state index contributed by atoms with van der Waals surface area (Å²) in [5.74, 6) is -0.855. The van der Waals surface area contributed by atoms with Crippen molar-refractivity contribution in [2.75, 3.05) is 31.1 Å². The topological polar surface area (TPSA) is 83.1 Å². The SMILES string of the molecule is Cl.O=C(O)C1CN(CCCn2nc3ccccn3c2=O)CCN1c1cccc(Cl)c1. The Morgan fingerprint density at radius 1 is 1.17 bits per heavy atom. The van der Waals surface area contributed by atoms with Crippen molar-refractivity contribution in [3.05, 3.63) is 64.2 Å². The van der Waals surface area contributed by atoms with E-state index in [1.54, 1.807) is 30.5 Å². The molecule has 3 aromatic rings. The molecule has 1 N–H and O–H groups in total. The van der Waals surface area contributed by atoms with E-state index in [4.69, 9.17) is 11.6 Å². The zero-order valence-corrected chi connectivity index (χ0v) is 17.8. The van der Waals surface area contributed by atoms with Gasteiger partial charge < -0.3 is 10.0 Å². The lowest BCUT2D eigenvalue weighted by Gasteiger charge is -2.40. The molecule has 160 valence electrons. The average Bonchev–Trinajstić information content (AvgIpc) is 3.04. The van der Waals surface area contributed by atoms with Gasteiger partial charge in [0.15, 0.2) is 5.65 Å². The largest absolute Gasteiger partial charge is 0.480 e. The van der Waals surface area contributed by atoms with Crippen LogP contribution in [0.5, 0.6) is 0 Å². The number of aliphatic carboxylic acids is 1. The highest BCUT2D eigenvalue weighted by atomic mass is 35.5. The summed E-state index contributed by atoms with van der Waals surface area (Å²) in [5.41, 5.74) is 1.29. The summed E-state index contributed by atoms with van der Waals surface area (Å²) in [5, 5.41) is 14.6. The Labute approximate surface area is 184 Å². The molecule has 0 radical (unpaired) electrons. The maximum atomic E-state index is 12.3. The van der Waals surface area contributed by atoms with E-state index in [2.05, 4.69) is 10.00 Å². The third-order valence-electron chi connectivity index (χ3n) is 5.22. The van der Waals surface area contributed by atoms with Gasteiger partial charge in [-0.05, 0) is 36.8 Å². The van der Waals surface area contributed by atoms with Gasteiger partial charge in [-0.2, -0.15) is 0 Å². The van der Waals surface area contributed by atoms with Crippen LogP contribution in [0.15, 0.2) is 53.5 Å². The number of pyridine rings is 1. The summed E-state index contributed by atoms with van der Waals surface area (Å²) in [6.07, 6.45) is 2.42. The van der Waals surface area contributed by atoms with Crippen LogP contribution in [-0.4, -0.2) is 62.4 Å². The van der Waals surface area contributed by atoms with Crippen LogP contribution in [0.1, 0.15) is 6.42 Å². The van der Waals surface area contributed by atoms with Crippen molar-refractivity contribution < 1.29 is 9.90 Å². The molecule has 1 aromatic carbocycles. The molecule has 1 fully saturated rings. The van der Waals surface area contributed by atoms with E-state index in [9.17, 15) is 14.7 Å². The van der Waals surface area contributed by atoms with Crippen LogP contribution in [-0.2, 0) is 11.3 Å². The lowest BCUT2D eigenvalue weighted by Crippen LogP contribution is -2.56. The number of carboxylic acid groups (broad SMARTS) is 1. The van der Waals surface area contributed by atoms with Crippen molar-refractivity contribution in [2.45, 2.75) is 19.0 Å². The normalized spacial score (nSPS) is 17.1. The van der Waals surface area contributed by atoms with E-state index in [-0.39, 0.29) is 18.1 Å². The number of benzene rings is 1. The number of nitrogens with zero attached hydrogens (tertiary/aromatic N) is 5. The number of anilines is 1. The molecular formula is C20H23Cl2N5O3. The fraction of sp³-hybridized carbons (Fsp3) is 0.350. The lowest BCUT2D eigenvalue weighted by molar-refractivity contribution is -0.139. The molecule has 30 heavy (non-hydrogen) atoms. The fourth-order valence-electron chi connectivity index (χ4n) is 3.78. The fourth-order valence-corrected chi connectivity index (χ4v) is 3.96. The Hall–Kier alpha value is -2.55. The maximum absolute atomic E-state index is 12.3. The molecule has 0 aliphatic carbocycles. The first-order chi connectivity index (χ1) is 14.0.